The maximum absolute atomic E-state index is 11.4. The number of hydrogen-bond acceptors (Lipinski definition) is 2. The highest BCUT2D eigenvalue weighted by molar-refractivity contribution is 5.79. The van der Waals surface area contributed by atoms with Gasteiger partial charge >= 0.3 is 0 Å². The third-order valence-corrected chi connectivity index (χ3v) is 4.52. The zero-order valence-electron chi connectivity index (χ0n) is 10.3. The minimum atomic E-state index is 0.150. The van der Waals surface area contributed by atoms with Gasteiger partial charge in [0, 0.05) is 19.4 Å². The van der Waals surface area contributed by atoms with Gasteiger partial charge < -0.3 is 5.11 Å². The van der Waals surface area contributed by atoms with Gasteiger partial charge in [0.15, 0.2) is 0 Å². The van der Waals surface area contributed by atoms with Crippen LogP contribution in [-0.4, -0.2) is 17.5 Å². The molecule has 1 saturated carbocycles. The van der Waals surface area contributed by atoms with Crippen LogP contribution in [0.5, 0.6) is 0 Å². The molecule has 0 aromatic rings. The summed E-state index contributed by atoms with van der Waals surface area (Å²) in [6, 6.07) is 0. The average Bonchev–Trinajstić information content (AvgIpc) is 2.61. The summed E-state index contributed by atoms with van der Waals surface area (Å²) in [5, 5.41) is 9.53. The molecule has 0 bridgehead atoms. The first-order valence-corrected chi connectivity index (χ1v) is 6.43. The maximum atomic E-state index is 11.4. The molecule has 2 heteroatoms. The number of ketones is 1. The van der Waals surface area contributed by atoms with E-state index in [2.05, 4.69) is 19.9 Å². The first-order valence-electron chi connectivity index (χ1n) is 6.43. The van der Waals surface area contributed by atoms with E-state index in [4.69, 9.17) is 0 Å². The first kappa shape index (κ1) is 11.8. The minimum Gasteiger partial charge on any atom is -0.396 e. The molecule has 0 aliphatic heterocycles. The van der Waals surface area contributed by atoms with E-state index in [1.807, 2.05) is 0 Å². The highest BCUT2D eigenvalue weighted by atomic mass is 16.3. The number of aliphatic hydroxyl groups excluding tert-OH is 1. The Kier molecular flexibility index (Phi) is 3.20. The fourth-order valence-corrected chi connectivity index (χ4v) is 3.67. The summed E-state index contributed by atoms with van der Waals surface area (Å²) in [4.78, 5) is 11.4. The Bertz CT molecular complexity index is 305. The summed E-state index contributed by atoms with van der Waals surface area (Å²) in [6.45, 7) is 4.72. The van der Waals surface area contributed by atoms with Crippen molar-refractivity contribution in [3.8, 4) is 0 Å². The monoisotopic (exact) mass is 222 g/mol. The maximum Gasteiger partial charge on any atom is 0.132 e. The van der Waals surface area contributed by atoms with Gasteiger partial charge in [-0.05, 0) is 36.5 Å². The van der Waals surface area contributed by atoms with E-state index in [1.54, 1.807) is 0 Å². The van der Waals surface area contributed by atoms with E-state index in [0.29, 0.717) is 30.5 Å². The standard InChI is InChI=1S/C14H22O2/c1-10(2)13-4-3-11(9-15)14(13)7-5-12(16)6-8-14/h4,10-11,15H,3,5-9H2,1-2H3/t11-/m1/s1. The van der Waals surface area contributed by atoms with Crippen molar-refractivity contribution < 1.29 is 9.90 Å². The molecule has 0 unspecified atom stereocenters. The Balaban J connectivity index is 2.25. The number of hydrogen-bond donors (Lipinski definition) is 1. The van der Waals surface area contributed by atoms with E-state index in [0.717, 1.165) is 19.3 Å². The average molecular weight is 222 g/mol. The van der Waals surface area contributed by atoms with Crippen molar-refractivity contribution in [3.63, 3.8) is 0 Å². The number of aliphatic hydroxyl groups is 1. The zero-order chi connectivity index (χ0) is 11.8. The zero-order valence-corrected chi connectivity index (χ0v) is 10.3. The molecule has 2 rings (SSSR count). The van der Waals surface area contributed by atoms with E-state index < -0.39 is 0 Å². The molecule has 0 aromatic carbocycles. The summed E-state index contributed by atoms with van der Waals surface area (Å²) in [5.41, 5.74) is 1.65. The van der Waals surface area contributed by atoms with Crippen molar-refractivity contribution >= 4 is 5.78 Å². The van der Waals surface area contributed by atoms with Crippen LogP contribution >= 0.6 is 0 Å². The molecule has 0 radical (unpaired) electrons. The SMILES string of the molecule is CC(C)C1=CC[C@H](CO)C12CCC(=O)CC2. The van der Waals surface area contributed by atoms with Gasteiger partial charge in [-0.2, -0.15) is 0 Å². The molecule has 0 aromatic heterocycles. The van der Waals surface area contributed by atoms with Crippen molar-refractivity contribution in [1.82, 2.24) is 0 Å². The summed E-state index contributed by atoms with van der Waals surface area (Å²) < 4.78 is 0. The van der Waals surface area contributed by atoms with Crippen molar-refractivity contribution in [2.24, 2.45) is 17.3 Å². The molecule has 1 fully saturated rings. The topological polar surface area (TPSA) is 37.3 Å². The van der Waals surface area contributed by atoms with Crippen LogP contribution in [0.3, 0.4) is 0 Å². The Morgan fingerprint density at radius 1 is 1.44 bits per heavy atom. The van der Waals surface area contributed by atoms with Crippen molar-refractivity contribution in [2.75, 3.05) is 6.61 Å². The van der Waals surface area contributed by atoms with Gasteiger partial charge in [-0.3, -0.25) is 4.79 Å². The lowest BCUT2D eigenvalue weighted by Gasteiger charge is -2.42. The van der Waals surface area contributed by atoms with Crippen LogP contribution in [0.4, 0.5) is 0 Å². The number of rotatable bonds is 2. The van der Waals surface area contributed by atoms with Crippen LogP contribution in [-0.2, 0) is 4.79 Å². The fraction of sp³-hybridized carbons (Fsp3) is 0.786. The Labute approximate surface area is 97.7 Å². The van der Waals surface area contributed by atoms with Crippen molar-refractivity contribution in [1.29, 1.82) is 0 Å². The predicted molar refractivity (Wildman–Crippen MR) is 64.0 cm³/mol. The van der Waals surface area contributed by atoms with Gasteiger partial charge in [-0.15, -0.1) is 0 Å². The molecule has 0 amide bonds. The second kappa shape index (κ2) is 4.33. The number of Topliss-reactive ketones (excluding diaryl/α,β-unsaturated/α-hetero) is 1. The lowest BCUT2D eigenvalue weighted by molar-refractivity contribution is -0.122. The predicted octanol–water partition coefficient (Wildman–Crippen LogP) is 2.71. The summed E-state index contributed by atoms with van der Waals surface area (Å²) in [7, 11) is 0. The number of carbonyl (C=O) groups excluding carboxylic acids is 1. The van der Waals surface area contributed by atoms with E-state index >= 15 is 0 Å². The molecule has 2 nitrogen and oxygen atoms in total. The van der Waals surface area contributed by atoms with E-state index in [9.17, 15) is 9.90 Å². The lowest BCUT2D eigenvalue weighted by Crippen LogP contribution is -2.36. The molecule has 90 valence electrons. The van der Waals surface area contributed by atoms with Gasteiger partial charge in [0.2, 0.25) is 0 Å². The number of allylic oxidation sites excluding steroid dienone is 2. The molecule has 0 saturated heterocycles. The van der Waals surface area contributed by atoms with Crippen LogP contribution in [0, 0.1) is 17.3 Å². The Morgan fingerprint density at radius 3 is 2.56 bits per heavy atom. The summed E-state index contributed by atoms with van der Waals surface area (Å²) in [6.07, 6.45) is 6.66. The normalized spacial score (nSPS) is 28.9. The van der Waals surface area contributed by atoms with E-state index in [1.165, 1.54) is 5.57 Å². The molecule has 1 atom stereocenters. The van der Waals surface area contributed by atoms with Crippen LogP contribution in [0.1, 0.15) is 46.0 Å². The van der Waals surface area contributed by atoms with Crippen molar-refractivity contribution in [2.45, 2.75) is 46.0 Å². The van der Waals surface area contributed by atoms with Crippen LogP contribution in [0.25, 0.3) is 0 Å². The van der Waals surface area contributed by atoms with Gasteiger partial charge in [0.05, 0.1) is 0 Å². The molecule has 16 heavy (non-hydrogen) atoms. The molecule has 2 aliphatic carbocycles. The van der Waals surface area contributed by atoms with Gasteiger partial charge in [-0.25, -0.2) is 0 Å². The van der Waals surface area contributed by atoms with Crippen LogP contribution < -0.4 is 0 Å². The molecular formula is C14H22O2. The second-order valence-electron chi connectivity index (χ2n) is 5.62. The molecule has 1 spiro atoms. The third-order valence-electron chi connectivity index (χ3n) is 4.52. The first-order chi connectivity index (χ1) is 7.60. The Morgan fingerprint density at radius 2 is 2.06 bits per heavy atom. The highest BCUT2D eigenvalue weighted by Gasteiger charge is 2.47. The van der Waals surface area contributed by atoms with Crippen molar-refractivity contribution in [3.05, 3.63) is 11.6 Å². The van der Waals surface area contributed by atoms with Gasteiger partial charge in [0.25, 0.3) is 0 Å². The third kappa shape index (κ3) is 1.73. The van der Waals surface area contributed by atoms with E-state index in [-0.39, 0.29) is 12.0 Å². The summed E-state index contributed by atoms with van der Waals surface area (Å²) in [5.74, 6) is 1.31. The quantitative estimate of drug-likeness (QED) is 0.729. The molecular weight excluding hydrogens is 200 g/mol. The highest BCUT2D eigenvalue weighted by Crippen LogP contribution is 2.54. The Hall–Kier alpha value is -0.630. The molecule has 1 N–H and O–H groups in total. The number of carbonyl (C=O) groups is 1. The summed E-state index contributed by atoms with van der Waals surface area (Å²) >= 11 is 0. The fourth-order valence-electron chi connectivity index (χ4n) is 3.67. The second-order valence-corrected chi connectivity index (χ2v) is 5.62. The smallest absolute Gasteiger partial charge is 0.132 e. The molecule has 2 aliphatic rings. The molecule has 0 heterocycles. The van der Waals surface area contributed by atoms with Crippen LogP contribution in [0.15, 0.2) is 11.6 Å². The van der Waals surface area contributed by atoms with Gasteiger partial charge in [-0.1, -0.05) is 25.5 Å². The van der Waals surface area contributed by atoms with Crippen LogP contribution in [0.2, 0.25) is 0 Å². The minimum absolute atomic E-state index is 0.150. The van der Waals surface area contributed by atoms with Gasteiger partial charge in [0.1, 0.15) is 5.78 Å². The lowest BCUT2D eigenvalue weighted by atomic mass is 9.62. The largest absolute Gasteiger partial charge is 0.396 e.